The van der Waals surface area contributed by atoms with E-state index in [-0.39, 0.29) is 17.9 Å². The highest BCUT2D eigenvalue weighted by molar-refractivity contribution is 7.88. The maximum Gasteiger partial charge on any atom is 0.534 e. The van der Waals surface area contributed by atoms with E-state index in [0.29, 0.717) is 16.7 Å². The van der Waals surface area contributed by atoms with Gasteiger partial charge in [-0.2, -0.15) is 26.9 Å². The van der Waals surface area contributed by atoms with Crippen LogP contribution in [0.2, 0.25) is 0 Å². The second kappa shape index (κ2) is 12.7. The van der Waals surface area contributed by atoms with Crippen molar-refractivity contribution >= 4 is 10.1 Å². The Hall–Kier alpha value is -3.67. The minimum absolute atomic E-state index is 0.107. The summed E-state index contributed by atoms with van der Waals surface area (Å²) in [7, 11) is -5.94. The fourth-order valence-corrected chi connectivity index (χ4v) is 3.51. The Morgan fingerprint density at radius 3 is 2.32 bits per heavy atom. The highest BCUT2D eigenvalue weighted by atomic mass is 32.2. The van der Waals surface area contributed by atoms with Gasteiger partial charge in [0.05, 0.1) is 17.0 Å². The van der Waals surface area contributed by atoms with Crippen LogP contribution in [0.5, 0.6) is 17.2 Å². The molecule has 0 N–H and O–H groups in total. The number of hydrogen-bond acceptors (Lipinski definition) is 9. The SMILES string of the molecule is CC.N#Cc1ccc(Oc2ccc(OS(=O)(=O)C(F)(F)F)c(CON3OCC(c4ccccc4)O3)c2)cc1. The topological polar surface area (TPSA) is 107 Å². The van der Waals surface area contributed by atoms with Crippen LogP contribution >= 0.6 is 0 Å². The molecule has 202 valence electrons. The fourth-order valence-electron chi connectivity index (χ4n) is 3.02. The van der Waals surface area contributed by atoms with Gasteiger partial charge in [0.1, 0.15) is 36.6 Å². The van der Waals surface area contributed by atoms with Crippen molar-refractivity contribution in [2.45, 2.75) is 32.1 Å². The molecule has 0 saturated carbocycles. The van der Waals surface area contributed by atoms with Gasteiger partial charge in [-0.1, -0.05) is 44.2 Å². The molecule has 0 bridgehead atoms. The maximum absolute atomic E-state index is 12.9. The summed E-state index contributed by atoms with van der Waals surface area (Å²) >= 11 is 0. The van der Waals surface area contributed by atoms with Gasteiger partial charge < -0.3 is 8.92 Å². The van der Waals surface area contributed by atoms with E-state index in [2.05, 4.69) is 4.18 Å². The van der Waals surface area contributed by atoms with Crippen molar-refractivity contribution in [2.24, 2.45) is 0 Å². The number of rotatable bonds is 8. The molecule has 3 aromatic carbocycles. The van der Waals surface area contributed by atoms with Gasteiger partial charge in [0.15, 0.2) is 0 Å². The van der Waals surface area contributed by atoms with Crippen LogP contribution < -0.4 is 8.92 Å². The van der Waals surface area contributed by atoms with E-state index in [1.165, 1.54) is 36.4 Å². The van der Waals surface area contributed by atoms with Gasteiger partial charge in [-0.15, -0.1) is 0 Å². The van der Waals surface area contributed by atoms with E-state index < -0.39 is 34.1 Å². The monoisotopic (exact) mass is 552 g/mol. The van der Waals surface area contributed by atoms with Crippen LogP contribution in [0, 0.1) is 11.3 Å². The molecule has 1 unspecified atom stereocenters. The zero-order valence-electron chi connectivity index (χ0n) is 20.2. The third kappa shape index (κ3) is 7.44. The molecule has 1 aliphatic heterocycles. The van der Waals surface area contributed by atoms with Gasteiger partial charge in [-0.05, 0) is 48.0 Å². The summed E-state index contributed by atoms with van der Waals surface area (Å²) in [5, 5.41) is 9.58. The average molecular weight is 553 g/mol. The maximum atomic E-state index is 12.9. The van der Waals surface area contributed by atoms with E-state index >= 15 is 0 Å². The van der Waals surface area contributed by atoms with Crippen molar-refractivity contribution in [1.82, 2.24) is 5.39 Å². The van der Waals surface area contributed by atoms with Gasteiger partial charge in [-0.3, -0.25) is 0 Å². The summed E-state index contributed by atoms with van der Waals surface area (Å²) in [6.45, 7) is 3.62. The molecule has 3 aromatic rings. The first-order valence-electron chi connectivity index (χ1n) is 11.2. The summed E-state index contributed by atoms with van der Waals surface area (Å²) in [6.07, 6.45) is -0.487. The summed E-state index contributed by atoms with van der Waals surface area (Å²) in [5.41, 5.74) is -4.53. The number of hydrogen-bond donors (Lipinski definition) is 0. The number of nitriles is 1. The Morgan fingerprint density at radius 2 is 1.68 bits per heavy atom. The minimum Gasteiger partial charge on any atom is -0.457 e. The molecule has 0 radical (unpaired) electrons. The van der Waals surface area contributed by atoms with E-state index in [9.17, 15) is 21.6 Å². The predicted octanol–water partition coefficient (Wildman–Crippen LogP) is 5.96. The first kappa shape index (κ1) is 28.9. The molecule has 1 heterocycles. The number of ether oxygens (including phenoxy) is 1. The molecular weight excluding hydrogens is 529 g/mol. The van der Waals surface area contributed by atoms with Crippen LogP contribution in [-0.2, 0) is 31.2 Å². The van der Waals surface area contributed by atoms with Crippen LogP contribution in [0.25, 0.3) is 0 Å². The van der Waals surface area contributed by atoms with E-state index in [1.807, 2.05) is 50.2 Å². The Bertz CT molecular complexity index is 1350. The van der Waals surface area contributed by atoms with E-state index in [0.717, 1.165) is 11.6 Å². The van der Waals surface area contributed by atoms with Crippen molar-refractivity contribution in [3.05, 3.63) is 89.5 Å². The van der Waals surface area contributed by atoms with Gasteiger partial charge in [0.2, 0.25) is 0 Å². The largest absolute Gasteiger partial charge is 0.534 e. The normalized spacial score (nSPS) is 15.7. The standard InChI is InChI=1S/C23H17F3N2O7S.C2H6/c24-23(25,26)36(29,30)35-21-11-10-20(33-19-8-6-16(13-27)7-9-19)12-18(21)14-31-28-32-15-22(34-28)17-4-2-1-3-5-17;1-2/h1-12,22H,14-15H2;1-2H3. The van der Waals surface area contributed by atoms with Crippen LogP contribution in [0.15, 0.2) is 72.8 Å². The molecule has 4 rings (SSSR count). The first-order chi connectivity index (χ1) is 18.1. The van der Waals surface area contributed by atoms with Crippen LogP contribution in [-0.4, -0.2) is 25.9 Å². The molecule has 38 heavy (non-hydrogen) atoms. The second-order valence-electron chi connectivity index (χ2n) is 7.29. The highest BCUT2D eigenvalue weighted by Gasteiger charge is 2.48. The Balaban J connectivity index is 0.00000195. The molecule has 1 saturated heterocycles. The molecule has 1 aliphatic rings. The second-order valence-corrected chi connectivity index (χ2v) is 8.83. The van der Waals surface area contributed by atoms with Gasteiger partial charge >= 0.3 is 15.6 Å². The van der Waals surface area contributed by atoms with Gasteiger partial charge in [-0.25, -0.2) is 14.5 Å². The van der Waals surface area contributed by atoms with Crippen LogP contribution in [0.4, 0.5) is 13.2 Å². The lowest BCUT2D eigenvalue weighted by atomic mass is 10.1. The minimum atomic E-state index is -5.94. The summed E-state index contributed by atoms with van der Waals surface area (Å²) < 4.78 is 71.7. The Kier molecular flexibility index (Phi) is 9.67. The van der Waals surface area contributed by atoms with E-state index in [1.54, 1.807) is 0 Å². The van der Waals surface area contributed by atoms with E-state index in [4.69, 9.17) is 24.5 Å². The van der Waals surface area contributed by atoms with Crippen molar-refractivity contribution in [3.63, 3.8) is 0 Å². The van der Waals surface area contributed by atoms with Crippen molar-refractivity contribution in [1.29, 1.82) is 5.26 Å². The van der Waals surface area contributed by atoms with Crippen LogP contribution in [0.3, 0.4) is 0 Å². The molecule has 1 atom stereocenters. The molecule has 13 heteroatoms. The third-order valence-electron chi connectivity index (χ3n) is 4.78. The zero-order valence-corrected chi connectivity index (χ0v) is 21.0. The molecule has 0 spiro atoms. The zero-order chi connectivity index (χ0) is 27.8. The number of alkyl halides is 3. The number of nitrogens with zero attached hydrogens (tertiary/aromatic N) is 2. The van der Waals surface area contributed by atoms with Crippen molar-refractivity contribution in [2.75, 3.05) is 6.61 Å². The lowest BCUT2D eigenvalue weighted by Gasteiger charge is -2.17. The quantitative estimate of drug-likeness (QED) is 0.247. The molecule has 9 nitrogen and oxygen atoms in total. The molecule has 0 aliphatic carbocycles. The van der Waals surface area contributed by atoms with Crippen LogP contribution in [0.1, 0.15) is 36.6 Å². The number of halogens is 3. The molecule has 0 amide bonds. The van der Waals surface area contributed by atoms with Gasteiger partial charge in [0, 0.05) is 5.56 Å². The van der Waals surface area contributed by atoms with Gasteiger partial charge in [0.25, 0.3) is 0 Å². The molecular formula is C25H23F3N2O7S. The first-order valence-corrected chi connectivity index (χ1v) is 12.6. The third-order valence-corrected chi connectivity index (χ3v) is 5.74. The summed E-state index contributed by atoms with van der Waals surface area (Å²) in [6, 6.07) is 20.6. The lowest BCUT2D eigenvalue weighted by Crippen LogP contribution is -2.28. The average Bonchev–Trinajstić information content (AvgIpc) is 3.39. The summed E-state index contributed by atoms with van der Waals surface area (Å²) in [4.78, 5) is 16.1. The lowest BCUT2D eigenvalue weighted by molar-refractivity contribution is -0.493. The summed E-state index contributed by atoms with van der Waals surface area (Å²) in [5.74, 6) is -0.159. The molecule has 0 aromatic heterocycles. The highest BCUT2D eigenvalue weighted by Crippen LogP contribution is 2.34. The smallest absolute Gasteiger partial charge is 0.457 e. The Labute approximate surface area is 217 Å². The number of benzene rings is 3. The molecule has 1 fully saturated rings. The fraction of sp³-hybridized carbons (Fsp3) is 0.240. The predicted molar refractivity (Wildman–Crippen MR) is 127 cm³/mol. The Morgan fingerprint density at radius 1 is 1.03 bits per heavy atom. The van der Waals surface area contributed by atoms with Crippen molar-refractivity contribution < 1.29 is 45.0 Å². The van der Waals surface area contributed by atoms with Crippen molar-refractivity contribution in [3.8, 4) is 23.3 Å².